The van der Waals surface area contributed by atoms with Crippen LogP contribution in [-0.4, -0.2) is 42.1 Å². The number of nitrogens with one attached hydrogen (secondary N) is 1. The first-order valence-corrected chi connectivity index (χ1v) is 9.80. The Morgan fingerprint density at radius 2 is 1.75 bits per heavy atom. The number of nitrogens with zero attached hydrogens (tertiary/aromatic N) is 1. The molecule has 0 aromatic heterocycles. The van der Waals surface area contributed by atoms with Crippen LogP contribution in [0, 0.1) is 23.7 Å². The van der Waals surface area contributed by atoms with E-state index in [1.54, 1.807) is 4.90 Å². The molecule has 1 saturated heterocycles. The second kappa shape index (κ2) is 6.23. The van der Waals surface area contributed by atoms with Crippen LogP contribution in [-0.2, 0) is 9.53 Å². The number of carbonyl (C=O) groups excluding carboxylic acids is 2. The molecule has 0 aromatic rings. The zero-order chi connectivity index (χ0) is 16.7. The van der Waals surface area contributed by atoms with Crippen molar-refractivity contribution >= 4 is 12.0 Å². The SMILES string of the molecule is CCOC(=O)N1CCCC(C(=O)NC23CC4CC(CC(C4)C2)C3)C1. The monoisotopic (exact) mass is 334 g/mol. The van der Waals surface area contributed by atoms with Crippen LogP contribution in [0.15, 0.2) is 0 Å². The summed E-state index contributed by atoms with van der Waals surface area (Å²) in [6.07, 6.45) is 9.19. The highest BCUT2D eigenvalue weighted by Gasteiger charge is 2.52. The molecule has 4 aliphatic carbocycles. The highest BCUT2D eigenvalue weighted by molar-refractivity contribution is 5.80. The van der Waals surface area contributed by atoms with E-state index >= 15 is 0 Å². The largest absolute Gasteiger partial charge is 0.450 e. The Labute approximate surface area is 144 Å². The molecule has 5 aliphatic rings. The molecule has 0 aromatic carbocycles. The molecule has 4 bridgehead atoms. The minimum atomic E-state index is -0.273. The third kappa shape index (κ3) is 3.02. The average molecular weight is 334 g/mol. The molecule has 1 heterocycles. The third-order valence-corrected chi connectivity index (χ3v) is 6.74. The Hall–Kier alpha value is -1.26. The molecule has 1 unspecified atom stereocenters. The average Bonchev–Trinajstić information content (AvgIpc) is 2.53. The second-order valence-electron chi connectivity index (χ2n) is 8.67. The molecule has 5 nitrogen and oxygen atoms in total. The maximum atomic E-state index is 12.9. The van der Waals surface area contributed by atoms with Crippen LogP contribution in [0.1, 0.15) is 58.3 Å². The molecule has 134 valence electrons. The van der Waals surface area contributed by atoms with Crippen molar-refractivity contribution in [2.45, 2.75) is 63.8 Å². The van der Waals surface area contributed by atoms with Crippen LogP contribution < -0.4 is 5.32 Å². The van der Waals surface area contributed by atoms with Crippen molar-refractivity contribution in [3.8, 4) is 0 Å². The Morgan fingerprint density at radius 3 is 2.33 bits per heavy atom. The van der Waals surface area contributed by atoms with Crippen molar-refractivity contribution in [2.75, 3.05) is 19.7 Å². The first-order chi connectivity index (χ1) is 11.6. The predicted molar refractivity (Wildman–Crippen MR) is 90.4 cm³/mol. The van der Waals surface area contributed by atoms with Crippen molar-refractivity contribution in [1.82, 2.24) is 10.2 Å². The van der Waals surface area contributed by atoms with Gasteiger partial charge in [0.05, 0.1) is 12.5 Å². The summed E-state index contributed by atoms with van der Waals surface area (Å²) in [5.41, 5.74) is 0.0675. The summed E-state index contributed by atoms with van der Waals surface area (Å²) < 4.78 is 5.10. The van der Waals surface area contributed by atoms with E-state index in [-0.39, 0.29) is 23.5 Å². The number of hydrogen-bond donors (Lipinski definition) is 1. The van der Waals surface area contributed by atoms with Crippen molar-refractivity contribution in [2.24, 2.45) is 23.7 Å². The van der Waals surface area contributed by atoms with Crippen LogP contribution in [0.4, 0.5) is 4.79 Å². The van der Waals surface area contributed by atoms with Gasteiger partial charge in [-0.25, -0.2) is 4.79 Å². The molecule has 1 aliphatic heterocycles. The zero-order valence-electron chi connectivity index (χ0n) is 14.8. The number of piperidine rings is 1. The lowest BCUT2D eigenvalue weighted by Crippen LogP contribution is -2.61. The number of carbonyl (C=O) groups is 2. The Morgan fingerprint density at radius 1 is 1.12 bits per heavy atom. The quantitative estimate of drug-likeness (QED) is 0.863. The van der Waals surface area contributed by atoms with Gasteiger partial charge in [-0.1, -0.05) is 0 Å². The number of hydrogen-bond acceptors (Lipinski definition) is 3. The smallest absolute Gasteiger partial charge is 0.409 e. The van der Waals surface area contributed by atoms with E-state index in [1.807, 2.05) is 6.92 Å². The fourth-order valence-corrected chi connectivity index (χ4v) is 6.20. The van der Waals surface area contributed by atoms with E-state index in [2.05, 4.69) is 5.32 Å². The van der Waals surface area contributed by atoms with Crippen LogP contribution >= 0.6 is 0 Å². The maximum absolute atomic E-state index is 12.9. The summed E-state index contributed by atoms with van der Waals surface area (Å²) in [4.78, 5) is 26.6. The fraction of sp³-hybridized carbons (Fsp3) is 0.895. The Bertz CT molecular complexity index is 483. The number of likely N-dealkylation sites (tertiary alicyclic amines) is 1. The minimum Gasteiger partial charge on any atom is -0.450 e. The van der Waals surface area contributed by atoms with Crippen LogP contribution in [0.3, 0.4) is 0 Å². The maximum Gasteiger partial charge on any atom is 0.409 e. The Balaban J connectivity index is 1.38. The first kappa shape index (κ1) is 16.2. The van der Waals surface area contributed by atoms with Gasteiger partial charge in [-0.05, 0) is 76.0 Å². The molecule has 24 heavy (non-hydrogen) atoms. The molecule has 1 N–H and O–H groups in total. The lowest BCUT2D eigenvalue weighted by molar-refractivity contribution is -0.132. The lowest BCUT2D eigenvalue weighted by Gasteiger charge is -2.57. The molecule has 2 amide bonds. The van der Waals surface area contributed by atoms with Crippen LogP contribution in [0.5, 0.6) is 0 Å². The van der Waals surface area contributed by atoms with Crippen molar-refractivity contribution in [3.63, 3.8) is 0 Å². The first-order valence-electron chi connectivity index (χ1n) is 9.80. The standard InChI is InChI=1S/C19H30N2O3/c1-2-24-18(23)21-5-3-4-16(12-21)17(22)20-19-9-13-6-14(10-19)8-15(7-13)11-19/h13-16H,2-12H2,1H3,(H,20,22). The van der Waals surface area contributed by atoms with Gasteiger partial charge < -0.3 is 15.0 Å². The molecule has 5 rings (SSSR count). The van der Waals surface area contributed by atoms with Crippen molar-refractivity contribution in [1.29, 1.82) is 0 Å². The normalized spacial score (nSPS) is 40.5. The van der Waals surface area contributed by atoms with E-state index in [4.69, 9.17) is 4.74 Å². The van der Waals surface area contributed by atoms with Crippen LogP contribution in [0.2, 0.25) is 0 Å². The Kier molecular flexibility index (Phi) is 4.21. The van der Waals surface area contributed by atoms with Crippen LogP contribution in [0.25, 0.3) is 0 Å². The number of ether oxygens (including phenoxy) is 1. The van der Waals surface area contributed by atoms with Gasteiger partial charge in [0.25, 0.3) is 0 Å². The predicted octanol–water partition coefficient (Wildman–Crippen LogP) is 2.94. The van der Waals surface area contributed by atoms with E-state index in [9.17, 15) is 9.59 Å². The zero-order valence-corrected chi connectivity index (χ0v) is 14.8. The van der Waals surface area contributed by atoms with E-state index in [0.717, 1.165) is 30.6 Å². The van der Waals surface area contributed by atoms with Gasteiger partial charge in [-0.2, -0.15) is 0 Å². The fourth-order valence-electron chi connectivity index (χ4n) is 6.20. The molecule has 0 radical (unpaired) electrons. The van der Waals surface area contributed by atoms with E-state index in [0.29, 0.717) is 19.7 Å². The topological polar surface area (TPSA) is 58.6 Å². The summed E-state index contributed by atoms with van der Waals surface area (Å²) in [6, 6.07) is 0. The molecular formula is C19H30N2O3. The van der Waals surface area contributed by atoms with Gasteiger partial charge in [-0.3, -0.25) is 4.79 Å². The summed E-state index contributed by atoms with van der Waals surface area (Å²) in [5.74, 6) is 2.60. The molecule has 0 spiro atoms. The highest BCUT2D eigenvalue weighted by atomic mass is 16.6. The number of amides is 2. The molecule has 4 saturated carbocycles. The van der Waals surface area contributed by atoms with Gasteiger partial charge in [0.1, 0.15) is 0 Å². The minimum absolute atomic E-state index is 0.0675. The molecule has 5 heteroatoms. The summed E-state index contributed by atoms with van der Waals surface area (Å²) in [5, 5.41) is 3.47. The van der Waals surface area contributed by atoms with Crippen molar-refractivity contribution < 1.29 is 14.3 Å². The van der Waals surface area contributed by atoms with Gasteiger partial charge in [0.15, 0.2) is 0 Å². The molecule has 1 atom stereocenters. The summed E-state index contributed by atoms with van der Waals surface area (Å²) in [6.45, 7) is 3.43. The van der Waals surface area contributed by atoms with E-state index < -0.39 is 0 Å². The van der Waals surface area contributed by atoms with Gasteiger partial charge in [0.2, 0.25) is 5.91 Å². The van der Waals surface area contributed by atoms with Gasteiger partial charge in [0, 0.05) is 18.6 Å². The summed E-state index contributed by atoms with van der Waals surface area (Å²) in [7, 11) is 0. The van der Waals surface area contributed by atoms with Gasteiger partial charge in [-0.15, -0.1) is 0 Å². The molecule has 5 fully saturated rings. The molecular weight excluding hydrogens is 304 g/mol. The summed E-state index contributed by atoms with van der Waals surface area (Å²) >= 11 is 0. The van der Waals surface area contributed by atoms with E-state index in [1.165, 1.54) is 38.5 Å². The number of rotatable bonds is 3. The second-order valence-corrected chi connectivity index (χ2v) is 8.67. The van der Waals surface area contributed by atoms with Gasteiger partial charge >= 0.3 is 6.09 Å². The van der Waals surface area contributed by atoms with Crippen molar-refractivity contribution in [3.05, 3.63) is 0 Å². The highest BCUT2D eigenvalue weighted by Crippen LogP contribution is 2.55. The third-order valence-electron chi connectivity index (χ3n) is 6.74. The lowest BCUT2D eigenvalue weighted by atomic mass is 9.53.